The molecule has 0 unspecified atom stereocenters. The van der Waals surface area contributed by atoms with Gasteiger partial charge in [0.25, 0.3) is 5.91 Å². The molecule has 0 aromatic carbocycles. The zero-order valence-electron chi connectivity index (χ0n) is 12.8. The Balaban J connectivity index is 2.20. The monoisotopic (exact) mass is 288 g/mol. The van der Waals surface area contributed by atoms with Gasteiger partial charge in [0.1, 0.15) is 11.3 Å². The lowest BCUT2D eigenvalue weighted by Crippen LogP contribution is -2.41. The average molecular weight is 288 g/mol. The van der Waals surface area contributed by atoms with Gasteiger partial charge in [-0.2, -0.15) is 10.5 Å². The van der Waals surface area contributed by atoms with Crippen LogP contribution in [0.3, 0.4) is 0 Å². The third kappa shape index (κ3) is 1.15. The molecule has 3 rings (SSSR count). The number of aliphatic imine (C=N–C) groups is 1. The van der Waals surface area contributed by atoms with Gasteiger partial charge in [-0.05, 0) is 19.3 Å². The van der Waals surface area contributed by atoms with Crippen LogP contribution in [-0.2, 0) is 9.47 Å². The van der Waals surface area contributed by atoms with Gasteiger partial charge in [0.15, 0.2) is 5.41 Å². The van der Waals surface area contributed by atoms with Crippen LogP contribution in [0.15, 0.2) is 4.99 Å². The predicted molar refractivity (Wildman–Crippen MR) is 74.5 cm³/mol. The number of ether oxygens (including phenoxy) is 2. The Labute approximate surface area is 124 Å². The van der Waals surface area contributed by atoms with Crippen LogP contribution < -0.4 is 5.73 Å². The predicted octanol–water partition coefficient (Wildman–Crippen LogP) is 1.53. The molecule has 1 saturated carbocycles. The first-order valence-electron chi connectivity index (χ1n) is 7.27. The first kappa shape index (κ1) is 14.3. The molecule has 5 atom stereocenters. The topological polar surface area (TPSA) is 104 Å². The van der Waals surface area contributed by atoms with Crippen molar-refractivity contribution in [2.75, 3.05) is 6.61 Å². The van der Waals surface area contributed by atoms with Crippen LogP contribution in [0, 0.1) is 44.8 Å². The summed E-state index contributed by atoms with van der Waals surface area (Å²) in [5, 5.41) is 19.8. The quantitative estimate of drug-likeness (QED) is 0.829. The van der Waals surface area contributed by atoms with Gasteiger partial charge in [0, 0.05) is 5.41 Å². The van der Waals surface area contributed by atoms with Crippen molar-refractivity contribution in [2.45, 2.75) is 46.1 Å². The van der Waals surface area contributed by atoms with Crippen LogP contribution >= 0.6 is 0 Å². The molecule has 2 aliphatic heterocycles. The number of fused-ring (bicyclic) bond motifs is 2. The summed E-state index contributed by atoms with van der Waals surface area (Å²) >= 11 is 0. The van der Waals surface area contributed by atoms with Gasteiger partial charge in [0.05, 0.1) is 24.8 Å². The first-order valence-corrected chi connectivity index (χ1v) is 7.27. The molecule has 0 bridgehead atoms. The lowest BCUT2D eigenvalue weighted by Gasteiger charge is -2.30. The van der Waals surface area contributed by atoms with E-state index in [0.717, 1.165) is 0 Å². The molecule has 0 aromatic heterocycles. The van der Waals surface area contributed by atoms with Crippen LogP contribution in [0.1, 0.15) is 34.1 Å². The highest BCUT2D eigenvalue weighted by atomic mass is 16.8. The van der Waals surface area contributed by atoms with E-state index in [0.29, 0.717) is 18.9 Å². The normalized spacial score (nSPS) is 50.6. The summed E-state index contributed by atoms with van der Waals surface area (Å²) in [6.45, 7) is 8.26. The van der Waals surface area contributed by atoms with Crippen molar-refractivity contribution >= 4 is 5.84 Å². The first-order chi connectivity index (χ1) is 9.77. The highest BCUT2D eigenvalue weighted by Crippen LogP contribution is 2.87. The number of hydrogen-bond donors (Lipinski definition) is 1. The second kappa shape index (κ2) is 3.76. The molecule has 0 amide bonds. The van der Waals surface area contributed by atoms with E-state index in [4.69, 9.17) is 15.2 Å². The van der Waals surface area contributed by atoms with Crippen LogP contribution in [-0.4, -0.2) is 24.5 Å². The third-order valence-corrected chi connectivity index (χ3v) is 5.31. The van der Waals surface area contributed by atoms with Gasteiger partial charge >= 0.3 is 0 Å². The van der Waals surface area contributed by atoms with Crippen molar-refractivity contribution in [3.05, 3.63) is 0 Å². The molecule has 6 heteroatoms. The minimum Gasteiger partial charge on any atom is -0.386 e. The van der Waals surface area contributed by atoms with E-state index in [2.05, 4.69) is 31.0 Å². The Hall–Kier alpha value is -1.63. The molecule has 2 N–H and O–H groups in total. The Morgan fingerprint density at radius 2 is 2.10 bits per heavy atom. The molecular weight excluding hydrogens is 268 g/mol. The fourth-order valence-corrected chi connectivity index (χ4v) is 4.66. The standard InChI is InChI=1S/C15H20N4O2/c1-9(2)5-12(4)13(7-16)11(18)19-15(14(12,13)8-17)20-6-10(3)21-15/h9-10H,5-6H2,1-4H3,(H2,18,19)/t10-,12-,13-,14+,15+/m0/s1. The lowest BCUT2D eigenvalue weighted by atomic mass is 9.84. The zero-order valence-corrected chi connectivity index (χ0v) is 12.8. The molecule has 0 aromatic rings. The lowest BCUT2D eigenvalue weighted by molar-refractivity contribution is -0.200. The molecule has 112 valence electrons. The molecule has 1 aliphatic carbocycles. The number of nitrogens with zero attached hydrogens (tertiary/aromatic N) is 3. The molecule has 2 heterocycles. The van der Waals surface area contributed by atoms with Crippen LogP contribution in [0.2, 0.25) is 0 Å². The largest absolute Gasteiger partial charge is 0.386 e. The molecule has 3 aliphatic rings. The maximum absolute atomic E-state index is 9.95. The van der Waals surface area contributed by atoms with E-state index in [-0.39, 0.29) is 11.9 Å². The van der Waals surface area contributed by atoms with Crippen molar-refractivity contribution in [2.24, 2.45) is 32.9 Å². The Kier molecular flexibility index (Phi) is 2.57. The summed E-state index contributed by atoms with van der Waals surface area (Å²) in [7, 11) is 0. The maximum Gasteiger partial charge on any atom is 0.293 e. The molecule has 21 heavy (non-hydrogen) atoms. The summed E-state index contributed by atoms with van der Waals surface area (Å²) in [6, 6.07) is 4.60. The summed E-state index contributed by atoms with van der Waals surface area (Å²) in [4.78, 5) is 4.29. The summed E-state index contributed by atoms with van der Waals surface area (Å²) in [5.41, 5.74) is 3.19. The summed E-state index contributed by atoms with van der Waals surface area (Å²) in [5.74, 6) is -0.937. The number of nitrogens with two attached hydrogens (primary N) is 1. The Morgan fingerprint density at radius 3 is 2.52 bits per heavy atom. The minimum absolute atomic E-state index is 0.170. The van der Waals surface area contributed by atoms with E-state index in [9.17, 15) is 10.5 Å². The van der Waals surface area contributed by atoms with E-state index in [1.807, 2.05) is 13.8 Å². The van der Waals surface area contributed by atoms with Gasteiger partial charge < -0.3 is 15.2 Å². The van der Waals surface area contributed by atoms with Crippen molar-refractivity contribution in [3.63, 3.8) is 0 Å². The summed E-state index contributed by atoms with van der Waals surface area (Å²) in [6.07, 6.45) is 0.512. The van der Waals surface area contributed by atoms with E-state index >= 15 is 0 Å². The van der Waals surface area contributed by atoms with Crippen molar-refractivity contribution in [1.82, 2.24) is 0 Å². The SMILES string of the molecule is CC(C)C[C@@]1(C)[C@]2(C#N)C(N)=N[C@@]3(OC[C@H](C)O3)[C@]12C#N. The highest BCUT2D eigenvalue weighted by Gasteiger charge is 2.99. The third-order valence-electron chi connectivity index (χ3n) is 5.31. The molecule has 0 radical (unpaired) electrons. The van der Waals surface area contributed by atoms with Crippen molar-refractivity contribution in [3.8, 4) is 12.1 Å². The van der Waals surface area contributed by atoms with Crippen molar-refractivity contribution in [1.29, 1.82) is 10.5 Å². The number of rotatable bonds is 2. The van der Waals surface area contributed by atoms with Crippen LogP contribution in [0.5, 0.6) is 0 Å². The van der Waals surface area contributed by atoms with Gasteiger partial charge in [-0.25, -0.2) is 4.99 Å². The van der Waals surface area contributed by atoms with Crippen LogP contribution in [0.25, 0.3) is 0 Å². The van der Waals surface area contributed by atoms with E-state index < -0.39 is 22.2 Å². The van der Waals surface area contributed by atoms with E-state index in [1.165, 1.54) is 0 Å². The van der Waals surface area contributed by atoms with Gasteiger partial charge in [0.2, 0.25) is 0 Å². The maximum atomic E-state index is 9.95. The second-order valence-corrected chi connectivity index (χ2v) is 6.97. The average Bonchev–Trinajstić information content (AvgIpc) is 2.62. The van der Waals surface area contributed by atoms with Gasteiger partial charge in [-0.15, -0.1) is 0 Å². The molecule has 2 fully saturated rings. The fourth-order valence-electron chi connectivity index (χ4n) is 4.66. The molecule has 6 nitrogen and oxygen atoms in total. The Morgan fingerprint density at radius 1 is 1.43 bits per heavy atom. The molecule has 1 spiro atoms. The van der Waals surface area contributed by atoms with Crippen LogP contribution in [0.4, 0.5) is 0 Å². The molecular formula is C15H20N4O2. The second-order valence-electron chi connectivity index (χ2n) is 6.97. The van der Waals surface area contributed by atoms with Crippen molar-refractivity contribution < 1.29 is 9.47 Å². The van der Waals surface area contributed by atoms with Gasteiger partial charge in [-0.3, -0.25) is 0 Å². The Bertz CT molecular complexity index is 618. The fraction of sp³-hybridized carbons (Fsp3) is 0.800. The minimum atomic E-state index is -1.43. The highest BCUT2D eigenvalue weighted by molar-refractivity contribution is 6.00. The zero-order chi connectivity index (χ0) is 15.7. The van der Waals surface area contributed by atoms with Gasteiger partial charge in [-0.1, -0.05) is 20.8 Å². The van der Waals surface area contributed by atoms with E-state index in [1.54, 1.807) is 0 Å². The molecule has 1 saturated heterocycles. The number of nitriles is 2. The summed E-state index contributed by atoms with van der Waals surface area (Å²) < 4.78 is 11.6. The number of hydrogen-bond acceptors (Lipinski definition) is 6. The number of amidine groups is 1. The smallest absolute Gasteiger partial charge is 0.293 e.